The Kier molecular flexibility index (Phi) is 6.74. The number of nitriles is 1. The zero-order chi connectivity index (χ0) is 24.7. The predicted molar refractivity (Wildman–Crippen MR) is 132 cm³/mol. The largest absolute Gasteiger partial charge is 0.370 e. The molecule has 0 unspecified atom stereocenters. The van der Waals surface area contributed by atoms with Gasteiger partial charge in [0, 0.05) is 43.9 Å². The van der Waals surface area contributed by atoms with E-state index < -0.39 is 10.0 Å². The molecule has 7 nitrogen and oxygen atoms in total. The summed E-state index contributed by atoms with van der Waals surface area (Å²) in [4.78, 5) is 7.37. The van der Waals surface area contributed by atoms with E-state index in [9.17, 15) is 13.7 Å². The van der Waals surface area contributed by atoms with Crippen molar-refractivity contribution in [3.63, 3.8) is 0 Å². The van der Waals surface area contributed by atoms with E-state index in [1.807, 2.05) is 32.9 Å². The fraction of sp³-hybridized carbons (Fsp3) is 0.538. The first-order valence-electron chi connectivity index (χ1n) is 11.9. The topological polar surface area (TPSA) is 86.5 Å². The van der Waals surface area contributed by atoms with Gasteiger partial charge in [0.1, 0.15) is 11.9 Å². The number of aromatic nitrogens is 1. The molecule has 1 aromatic heterocycles. The molecule has 0 saturated carbocycles. The van der Waals surface area contributed by atoms with Gasteiger partial charge in [-0.2, -0.15) is 9.57 Å². The third-order valence-electron chi connectivity index (χ3n) is 6.60. The van der Waals surface area contributed by atoms with Gasteiger partial charge in [-0.1, -0.05) is 31.5 Å². The van der Waals surface area contributed by atoms with Crippen molar-refractivity contribution < 1.29 is 13.2 Å². The summed E-state index contributed by atoms with van der Waals surface area (Å²) in [6.07, 6.45) is 1.47. The molecule has 3 heterocycles. The lowest BCUT2D eigenvalue weighted by Gasteiger charge is -2.38. The number of piperazine rings is 1. The lowest BCUT2D eigenvalue weighted by atomic mass is 9.86. The second kappa shape index (κ2) is 9.29. The summed E-state index contributed by atoms with van der Waals surface area (Å²) in [5.74, 6) is 1.10. The molecular formula is C26H34N4O3S. The standard InChI is InChI=1S/C26H34N4O3S/c1-18(2)14-24-23-17-33-26(4,5)15-21(23)22(16-27)25(28-24)29-10-12-30(13-11-29)34(31,32)20-8-6-19(3)7-9-20/h6-9,18H,10-15,17H2,1-5H3. The van der Waals surface area contributed by atoms with Crippen LogP contribution in [0.4, 0.5) is 5.82 Å². The van der Waals surface area contributed by atoms with Crippen molar-refractivity contribution in [3.05, 3.63) is 52.2 Å². The molecule has 1 saturated heterocycles. The molecule has 8 heteroatoms. The Morgan fingerprint density at radius 2 is 1.76 bits per heavy atom. The number of hydrogen-bond acceptors (Lipinski definition) is 6. The highest BCUT2D eigenvalue weighted by Crippen LogP contribution is 2.36. The maximum absolute atomic E-state index is 13.1. The monoisotopic (exact) mass is 482 g/mol. The summed E-state index contributed by atoms with van der Waals surface area (Å²) in [7, 11) is -3.55. The SMILES string of the molecule is Cc1ccc(S(=O)(=O)N2CCN(c3nc(CC(C)C)c4c(c3C#N)CC(C)(C)OC4)CC2)cc1. The molecule has 2 aliphatic rings. The van der Waals surface area contributed by atoms with Crippen molar-refractivity contribution in [1.29, 1.82) is 5.26 Å². The van der Waals surface area contributed by atoms with Crippen LogP contribution in [0.25, 0.3) is 0 Å². The van der Waals surface area contributed by atoms with Crippen LogP contribution in [0.1, 0.15) is 55.6 Å². The van der Waals surface area contributed by atoms with Crippen molar-refractivity contribution >= 4 is 15.8 Å². The van der Waals surface area contributed by atoms with Gasteiger partial charge in [0.2, 0.25) is 10.0 Å². The van der Waals surface area contributed by atoms with Crippen molar-refractivity contribution in [2.45, 2.75) is 64.6 Å². The molecule has 182 valence electrons. The third-order valence-corrected chi connectivity index (χ3v) is 8.51. The highest BCUT2D eigenvalue weighted by Gasteiger charge is 2.35. The van der Waals surface area contributed by atoms with E-state index in [2.05, 4.69) is 24.8 Å². The van der Waals surface area contributed by atoms with E-state index in [0.29, 0.717) is 61.4 Å². The van der Waals surface area contributed by atoms with Gasteiger partial charge < -0.3 is 9.64 Å². The quantitative estimate of drug-likeness (QED) is 0.644. The summed E-state index contributed by atoms with van der Waals surface area (Å²) < 4.78 is 33.9. The van der Waals surface area contributed by atoms with E-state index in [0.717, 1.165) is 28.8 Å². The molecule has 0 amide bonds. The average Bonchev–Trinajstić information content (AvgIpc) is 2.78. The van der Waals surface area contributed by atoms with Crippen LogP contribution in [0.2, 0.25) is 0 Å². The minimum absolute atomic E-state index is 0.317. The average molecular weight is 483 g/mol. The summed E-state index contributed by atoms with van der Waals surface area (Å²) in [6.45, 7) is 12.5. The number of benzene rings is 1. The minimum Gasteiger partial charge on any atom is -0.370 e. The van der Waals surface area contributed by atoms with Crippen LogP contribution in [0, 0.1) is 24.2 Å². The second-order valence-corrected chi connectivity index (χ2v) is 12.3. The molecule has 0 radical (unpaired) electrons. The minimum atomic E-state index is -3.55. The maximum Gasteiger partial charge on any atom is 0.243 e. The van der Waals surface area contributed by atoms with Crippen LogP contribution in [-0.2, 0) is 34.2 Å². The van der Waals surface area contributed by atoms with Crippen molar-refractivity contribution in [3.8, 4) is 6.07 Å². The number of pyridine rings is 1. The number of aryl methyl sites for hydroxylation is 1. The fourth-order valence-electron chi connectivity index (χ4n) is 4.72. The van der Waals surface area contributed by atoms with Crippen LogP contribution in [0.3, 0.4) is 0 Å². The number of fused-ring (bicyclic) bond motifs is 1. The van der Waals surface area contributed by atoms with Crippen LogP contribution in [0.15, 0.2) is 29.2 Å². The zero-order valence-electron chi connectivity index (χ0n) is 20.8. The Balaban J connectivity index is 1.64. The van der Waals surface area contributed by atoms with Gasteiger partial charge in [-0.25, -0.2) is 13.4 Å². The van der Waals surface area contributed by atoms with Crippen LogP contribution in [-0.4, -0.2) is 49.5 Å². The molecule has 1 fully saturated rings. The summed E-state index contributed by atoms with van der Waals surface area (Å²) in [5, 5.41) is 10.1. The van der Waals surface area contributed by atoms with E-state index in [1.165, 1.54) is 4.31 Å². The maximum atomic E-state index is 13.1. The summed E-state index contributed by atoms with van der Waals surface area (Å²) >= 11 is 0. The van der Waals surface area contributed by atoms with Gasteiger partial charge >= 0.3 is 0 Å². The van der Waals surface area contributed by atoms with Crippen molar-refractivity contribution in [2.24, 2.45) is 5.92 Å². The number of sulfonamides is 1. The normalized spacial score (nSPS) is 18.6. The Hall–Kier alpha value is -2.47. The lowest BCUT2D eigenvalue weighted by Crippen LogP contribution is -2.49. The van der Waals surface area contributed by atoms with Gasteiger partial charge in [-0.15, -0.1) is 0 Å². The van der Waals surface area contributed by atoms with Crippen molar-refractivity contribution in [1.82, 2.24) is 9.29 Å². The number of hydrogen-bond donors (Lipinski definition) is 0. The van der Waals surface area contributed by atoms with Crippen molar-refractivity contribution in [2.75, 3.05) is 31.1 Å². The molecule has 2 aliphatic heterocycles. The molecule has 0 atom stereocenters. The van der Waals surface area contributed by atoms with Crippen LogP contribution in [0.5, 0.6) is 0 Å². The smallest absolute Gasteiger partial charge is 0.243 e. The van der Waals surface area contributed by atoms with Gasteiger partial charge in [-0.05, 0) is 50.8 Å². The van der Waals surface area contributed by atoms with Crippen LogP contribution < -0.4 is 4.90 Å². The summed E-state index contributed by atoms with van der Waals surface area (Å²) in [5.41, 5.74) is 4.37. The molecule has 0 aliphatic carbocycles. The molecule has 0 bridgehead atoms. The molecular weight excluding hydrogens is 448 g/mol. The van der Waals surface area contributed by atoms with E-state index >= 15 is 0 Å². The first-order chi connectivity index (χ1) is 16.0. The molecule has 34 heavy (non-hydrogen) atoms. The molecule has 1 aromatic carbocycles. The predicted octanol–water partition coefficient (Wildman–Crippen LogP) is 3.82. The molecule has 0 spiro atoms. The molecule has 4 rings (SSSR count). The zero-order valence-corrected chi connectivity index (χ0v) is 21.6. The van der Waals surface area contributed by atoms with Gasteiger partial charge in [0.15, 0.2) is 0 Å². The highest BCUT2D eigenvalue weighted by molar-refractivity contribution is 7.89. The van der Waals surface area contributed by atoms with E-state index in [-0.39, 0.29) is 5.60 Å². The first-order valence-corrected chi connectivity index (χ1v) is 13.4. The molecule has 2 aromatic rings. The second-order valence-electron chi connectivity index (χ2n) is 10.4. The number of anilines is 1. The van der Waals surface area contributed by atoms with Crippen LogP contribution >= 0.6 is 0 Å². The number of rotatable bonds is 5. The lowest BCUT2D eigenvalue weighted by molar-refractivity contribution is -0.0407. The highest BCUT2D eigenvalue weighted by atomic mass is 32.2. The Morgan fingerprint density at radius 1 is 1.12 bits per heavy atom. The summed E-state index contributed by atoms with van der Waals surface area (Å²) in [6, 6.07) is 9.39. The molecule has 0 N–H and O–H groups in total. The first kappa shape index (κ1) is 24.6. The Bertz CT molecular complexity index is 1210. The van der Waals surface area contributed by atoms with E-state index in [4.69, 9.17) is 9.72 Å². The third kappa shape index (κ3) is 4.83. The van der Waals surface area contributed by atoms with Gasteiger partial charge in [0.05, 0.1) is 22.7 Å². The fourth-order valence-corrected chi connectivity index (χ4v) is 6.14. The van der Waals surface area contributed by atoms with Gasteiger partial charge in [0.25, 0.3) is 0 Å². The number of nitrogens with zero attached hydrogens (tertiary/aromatic N) is 4. The Labute approximate surface area is 203 Å². The number of ether oxygens (including phenoxy) is 1. The van der Waals surface area contributed by atoms with E-state index in [1.54, 1.807) is 12.1 Å². The van der Waals surface area contributed by atoms with Gasteiger partial charge in [-0.3, -0.25) is 0 Å². The Morgan fingerprint density at radius 3 is 2.35 bits per heavy atom.